The minimum Gasteiger partial charge on any atom is -0.481 e. The SMILES string of the molecule is O=C(O)CC1CN(C(=O)CCc2ccc(OC(F)(F)F)cc2)CCO1. The van der Waals surface area contributed by atoms with Gasteiger partial charge >= 0.3 is 12.3 Å². The molecular weight excluding hydrogens is 343 g/mol. The van der Waals surface area contributed by atoms with Crippen LogP contribution in [0.5, 0.6) is 5.75 Å². The van der Waals surface area contributed by atoms with E-state index in [4.69, 9.17) is 9.84 Å². The van der Waals surface area contributed by atoms with E-state index in [0.717, 1.165) is 0 Å². The summed E-state index contributed by atoms with van der Waals surface area (Å²) in [6.45, 7) is 0.907. The number of hydrogen-bond donors (Lipinski definition) is 1. The Balaban J connectivity index is 1.82. The summed E-state index contributed by atoms with van der Waals surface area (Å²) >= 11 is 0. The molecule has 0 radical (unpaired) electrons. The van der Waals surface area contributed by atoms with Gasteiger partial charge in [0.25, 0.3) is 0 Å². The molecule has 0 saturated carbocycles. The van der Waals surface area contributed by atoms with Crippen LogP contribution in [0.1, 0.15) is 18.4 Å². The molecule has 1 heterocycles. The lowest BCUT2D eigenvalue weighted by Crippen LogP contribution is -2.46. The van der Waals surface area contributed by atoms with Crippen molar-refractivity contribution in [1.82, 2.24) is 4.90 Å². The first-order chi connectivity index (χ1) is 11.7. The molecule has 1 atom stereocenters. The molecule has 0 aromatic heterocycles. The van der Waals surface area contributed by atoms with Gasteiger partial charge in [-0.25, -0.2) is 0 Å². The van der Waals surface area contributed by atoms with Gasteiger partial charge in [-0.3, -0.25) is 9.59 Å². The zero-order valence-electron chi connectivity index (χ0n) is 13.3. The predicted molar refractivity (Wildman–Crippen MR) is 80.0 cm³/mol. The fourth-order valence-electron chi connectivity index (χ4n) is 2.53. The summed E-state index contributed by atoms with van der Waals surface area (Å²) < 4.78 is 45.4. The van der Waals surface area contributed by atoms with Gasteiger partial charge in [-0.05, 0) is 24.1 Å². The molecule has 0 bridgehead atoms. The largest absolute Gasteiger partial charge is 0.573 e. The Morgan fingerprint density at radius 3 is 2.56 bits per heavy atom. The number of ether oxygens (including phenoxy) is 2. The van der Waals surface area contributed by atoms with Crippen molar-refractivity contribution in [1.29, 1.82) is 0 Å². The summed E-state index contributed by atoms with van der Waals surface area (Å²) in [6.07, 6.45) is -4.87. The number of rotatable bonds is 6. The first-order valence-electron chi connectivity index (χ1n) is 7.69. The van der Waals surface area contributed by atoms with Crippen molar-refractivity contribution in [3.63, 3.8) is 0 Å². The van der Waals surface area contributed by atoms with Gasteiger partial charge in [0.1, 0.15) is 5.75 Å². The Hall–Kier alpha value is -2.29. The molecule has 1 saturated heterocycles. The van der Waals surface area contributed by atoms with Crippen molar-refractivity contribution in [2.24, 2.45) is 0 Å². The molecule has 6 nitrogen and oxygen atoms in total. The molecule has 0 spiro atoms. The van der Waals surface area contributed by atoms with Crippen LogP contribution in [0.15, 0.2) is 24.3 Å². The minimum atomic E-state index is -4.74. The summed E-state index contributed by atoms with van der Waals surface area (Å²) in [7, 11) is 0. The second-order valence-corrected chi connectivity index (χ2v) is 5.62. The van der Waals surface area contributed by atoms with Crippen LogP contribution in [-0.4, -0.2) is 54.0 Å². The van der Waals surface area contributed by atoms with Crippen molar-refractivity contribution in [3.05, 3.63) is 29.8 Å². The number of alkyl halides is 3. The number of nitrogens with zero attached hydrogens (tertiary/aromatic N) is 1. The molecule has 1 aliphatic rings. The van der Waals surface area contributed by atoms with Gasteiger partial charge in [0.15, 0.2) is 0 Å². The molecule has 1 aromatic rings. The summed E-state index contributed by atoms with van der Waals surface area (Å²) in [6, 6.07) is 5.34. The molecule has 1 amide bonds. The number of carboxylic acids is 1. The second kappa shape index (κ2) is 8.19. The summed E-state index contributed by atoms with van der Waals surface area (Å²) in [5.74, 6) is -1.44. The van der Waals surface area contributed by atoms with Crippen molar-refractivity contribution >= 4 is 11.9 Å². The zero-order chi connectivity index (χ0) is 18.4. The monoisotopic (exact) mass is 361 g/mol. The normalized spacial score (nSPS) is 18.0. The molecule has 9 heteroatoms. The lowest BCUT2D eigenvalue weighted by molar-refractivity contribution is -0.274. The lowest BCUT2D eigenvalue weighted by Gasteiger charge is -2.32. The number of benzene rings is 1. The van der Waals surface area contributed by atoms with Crippen molar-refractivity contribution in [2.75, 3.05) is 19.7 Å². The number of carbonyl (C=O) groups excluding carboxylic acids is 1. The molecule has 0 aliphatic carbocycles. The number of halogens is 3. The van der Waals surface area contributed by atoms with Gasteiger partial charge in [0, 0.05) is 19.5 Å². The third kappa shape index (κ3) is 6.61. The summed E-state index contributed by atoms with van der Waals surface area (Å²) in [5, 5.41) is 8.77. The number of carbonyl (C=O) groups is 2. The number of hydrogen-bond acceptors (Lipinski definition) is 4. The minimum absolute atomic E-state index is 0.144. The van der Waals surface area contributed by atoms with Crippen LogP contribution in [0.2, 0.25) is 0 Å². The Labute approximate surface area is 142 Å². The average molecular weight is 361 g/mol. The Morgan fingerprint density at radius 1 is 1.28 bits per heavy atom. The highest BCUT2D eigenvalue weighted by atomic mass is 19.4. The van der Waals surface area contributed by atoms with E-state index in [1.54, 1.807) is 4.90 Å². The molecule has 1 unspecified atom stereocenters. The van der Waals surface area contributed by atoms with E-state index >= 15 is 0 Å². The lowest BCUT2D eigenvalue weighted by atomic mass is 10.1. The van der Waals surface area contributed by atoms with Crippen LogP contribution in [0.4, 0.5) is 13.2 Å². The molecule has 1 aliphatic heterocycles. The number of aryl methyl sites for hydroxylation is 1. The molecule has 1 N–H and O–H groups in total. The maximum atomic E-state index is 12.2. The van der Waals surface area contributed by atoms with Gasteiger partial charge in [0.05, 0.1) is 19.1 Å². The molecule has 25 heavy (non-hydrogen) atoms. The number of morpholine rings is 1. The highest BCUT2D eigenvalue weighted by Gasteiger charge is 2.31. The standard InChI is InChI=1S/C16H18F3NO5/c17-16(18,19)25-12-4-1-11(2-5-12)3-6-14(21)20-7-8-24-13(10-20)9-15(22)23/h1-2,4-5,13H,3,6-10H2,(H,22,23). The van der Waals surface area contributed by atoms with E-state index in [0.29, 0.717) is 18.5 Å². The van der Waals surface area contributed by atoms with Crippen molar-refractivity contribution in [3.8, 4) is 5.75 Å². The van der Waals surface area contributed by atoms with Crippen LogP contribution in [0.25, 0.3) is 0 Å². The molecule has 138 valence electrons. The van der Waals surface area contributed by atoms with Gasteiger partial charge in [-0.1, -0.05) is 12.1 Å². The zero-order valence-corrected chi connectivity index (χ0v) is 13.3. The molecular formula is C16H18F3NO5. The van der Waals surface area contributed by atoms with E-state index in [9.17, 15) is 22.8 Å². The first-order valence-corrected chi connectivity index (χ1v) is 7.69. The Morgan fingerprint density at radius 2 is 1.96 bits per heavy atom. The number of amides is 1. The maximum absolute atomic E-state index is 12.2. The topological polar surface area (TPSA) is 76.1 Å². The van der Waals surface area contributed by atoms with Gasteiger partial charge in [0.2, 0.25) is 5.91 Å². The van der Waals surface area contributed by atoms with E-state index in [2.05, 4.69) is 4.74 Å². The number of carboxylic acid groups (broad SMARTS) is 1. The predicted octanol–water partition coefficient (Wildman–Crippen LogP) is 2.22. The smallest absolute Gasteiger partial charge is 0.481 e. The van der Waals surface area contributed by atoms with Gasteiger partial charge in [-0.2, -0.15) is 0 Å². The second-order valence-electron chi connectivity index (χ2n) is 5.62. The van der Waals surface area contributed by atoms with Gasteiger partial charge in [-0.15, -0.1) is 13.2 Å². The van der Waals surface area contributed by atoms with E-state index in [1.165, 1.54) is 24.3 Å². The quantitative estimate of drug-likeness (QED) is 0.841. The highest BCUT2D eigenvalue weighted by Crippen LogP contribution is 2.23. The van der Waals surface area contributed by atoms with Crippen LogP contribution >= 0.6 is 0 Å². The van der Waals surface area contributed by atoms with Crippen LogP contribution < -0.4 is 4.74 Å². The van der Waals surface area contributed by atoms with E-state index in [1.807, 2.05) is 0 Å². The Bertz CT molecular complexity index is 603. The van der Waals surface area contributed by atoms with Crippen LogP contribution in [0, 0.1) is 0 Å². The number of aliphatic carboxylic acids is 1. The maximum Gasteiger partial charge on any atom is 0.573 e. The average Bonchev–Trinajstić information content (AvgIpc) is 2.52. The van der Waals surface area contributed by atoms with E-state index < -0.39 is 18.4 Å². The third-order valence-electron chi connectivity index (χ3n) is 3.68. The van der Waals surface area contributed by atoms with Crippen LogP contribution in [0.3, 0.4) is 0 Å². The molecule has 2 rings (SSSR count). The fraction of sp³-hybridized carbons (Fsp3) is 0.500. The van der Waals surface area contributed by atoms with Crippen molar-refractivity contribution < 1.29 is 37.3 Å². The van der Waals surface area contributed by atoms with E-state index in [-0.39, 0.29) is 37.6 Å². The molecule has 1 aromatic carbocycles. The van der Waals surface area contributed by atoms with Crippen molar-refractivity contribution in [2.45, 2.75) is 31.7 Å². The van der Waals surface area contributed by atoms with Gasteiger partial charge < -0.3 is 19.5 Å². The highest BCUT2D eigenvalue weighted by molar-refractivity contribution is 5.76. The van der Waals surface area contributed by atoms with Crippen LogP contribution in [-0.2, 0) is 20.7 Å². The fourth-order valence-corrected chi connectivity index (χ4v) is 2.53. The summed E-state index contributed by atoms with van der Waals surface area (Å²) in [5.41, 5.74) is 0.707. The Kier molecular flexibility index (Phi) is 6.24. The third-order valence-corrected chi connectivity index (χ3v) is 3.68. The first kappa shape index (κ1) is 19.0. The summed E-state index contributed by atoms with van der Waals surface area (Å²) in [4.78, 5) is 24.5. The molecule has 1 fully saturated rings.